The van der Waals surface area contributed by atoms with Crippen LogP contribution in [0.4, 0.5) is 5.69 Å². The number of ether oxygens (including phenoxy) is 1. The molecule has 0 unspecified atom stereocenters. The van der Waals surface area contributed by atoms with Crippen molar-refractivity contribution in [1.29, 1.82) is 0 Å². The number of hydrogen-bond donors (Lipinski definition) is 0. The Morgan fingerprint density at radius 2 is 1.86 bits per heavy atom. The number of sulfonamides is 1. The third kappa shape index (κ3) is 2.50. The molecule has 22 heavy (non-hydrogen) atoms. The molecule has 0 radical (unpaired) electrons. The summed E-state index contributed by atoms with van der Waals surface area (Å²) in [5.74, 6) is 0.637. The molecule has 1 heterocycles. The van der Waals surface area contributed by atoms with Gasteiger partial charge in [0.2, 0.25) is 0 Å². The number of methoxy groups -OCH3 is 1. The Morgan fingerprint density at radius 3 is 2.50 bits per heavy atom. The fourth-order valence-corrected chi connectivity index (χ4v) is 4.90. The van der Waals surface area contributed by atoms with Crippen LogP contribution in [0.1, 0.15) is 12.5 Å². The zero-order valence-corrected chi connectivity index (χ0v) is 14.7. The first kappa shape index (κ1) is 15.4. The van der Waals surface area contributed by atoms with Gasteiger partial charge in [-0.05, 0) is 61.4 Å². The molecule has 0 fully saturated rings. The summed E-state index contributed by atoms with van der Waals surface area (Å²) < 4.78 is 33.5. The summed E-state index contributed by atoms with van der Waals surface area (Å²) in [4.78, 5) is 0.274. The van der Waals surface area contributed by atoms with Gasteiger partial charge in [0.05, 0.1) is 17.7 Å². The van der Waals surface area contributed by atoms with Gasteiger partial charge in [-0.2, -0.15) is 0 Å². The molecule has 0 amide bonds. The van der Waals surface area contributed by atoms with E-state index in [-0.39, 0.29) is 10.9 Å². The van der Waals surface area contributed by atoms with Gasteiger partial charge < -0.3 is 4.74 Å². The summed E-state index contributed by atoms with van der Waals surface area (Å²) in [6.45, 7) is 1.93. The van der Waals surface area contributed by atoms with Crippen molar-refractivity contribution >= 4 is 31.6 Å². The molecular formula is C16H16BrNO3S. The van der Waals surface area contributed by atoms with Crippen LogP contribution in [0.2, 0.25) is 0 Å². The van der Waals surface area contributed by atoms with Gasteiger partial charge in [-0.1, -0.05) is 15.9 Å². The molecule has 2 aromatic carbocycles. The second-order valence-corrected chi connectivity index (χ2v) is 8.03. The molecular weight excluding hydrogens is 366 g/mol. The largest absolute Gasteiger partial charge is 0.497 e. The van der Waals surface area contributed by atoms with E-state index in [0.717, 1.165) is 15.7 Å². The molecule has 1 aliphatic heterocycles. The summed E-state index contributed by atoms with van der Waals surface area (Å²) in [5.41, 5.74) is 1.80. The molecule has 0 aliphatic carbocycles. The average Bonchev–Trinajstić information content (AvgIpc) is 2.82. The van der Waals surface area contributed by atoms with Crippen LogP contribution in [-0.2, 0) is 16.4 Å². The van der Waals surface area contributed by atoms with Crippen LogP contribution in [0.25, 0.3) is 0 Å². The molecule has 1 atom stereocenters. The van der Waals surface area contributed by atoms with E-state index in [0.29, 0.717) is 12.2 Å². The van der Waals surface area contributed by atoms with Crippen LogP contribution in [0.3, 0.4) is 0 Å². The van der Waals surface area contributed by atoms with Gasteiger partial charge in [-0.25, -0.2) is 8.42 Å². The van der Waals surface area contributed by atoms with Crippen LogP contribution in [0.5, 0.6) is 5.75 Å². The van der Waals surface area contributed by atoms with Gasteiger partial charge in [0, 0.05) is 10.5 Å². The van der Waals surface area contributed by atoms with Crippen LogP contribution in [-0.4, -0.2) is 21.6 Å². The molecule has 0 bridgehead atoms. The second-order valence-electron chi connectivity index (χ2n) is 5.30. The van der Waals surface area contributed by atoms with E-state index in [2.05, 4.69) is 15.9 Å². The van der Waals surface area contributed by atoms with Crippen molar-refractivity contribution in [3.63, 3.8) is 0 Å². The van der Waals surface area contributed by atoms with Gasteiger partial charge in [0.15, 0.2) is 0 Å². The monoisotopic (exact) mass is 381 g/mol. The average molecular weight is 382 g/mol. The SMILES string of the molecule is COc1ccc(S(=O)(=O)N2c3ccc(Br)cc3C[C@@H]2C)cc1. The third-order valence-electron chi connectivity index (χ3n) is 3.81. The number of rotatable bonds is 3. The molecule has 2 aromatic rings. The van der Waals surface area contributed by atoms with E-state index >= 15 is 0 Å². The van der Waals surface area contributed by atoms with Crippen LogP contribution < -0.4 is 9.04 Å². The third-order valence-corrected chi connectivity index (χ3v) is 6.25. The highest BCUT2D eigenvalue weighted by molar-refractivity contribution is 9.10. The van der Waals surface area contributed by atoms with Crippen molar-refractivity contribution in [3.8, 4) is 5.75 Å². The van der Waals surface area contributed by atoms with Crippen molar-refractivity contribution in [1.82, 2.24) is 0 Å². The topological polar surface area (TPSA) is 46.6 Å². The molecule has 0 aromatic heterocycles. The normalized spacial score (nSPS) is 17.4. The molecule has 0 saturated heterocycles. The first-order valence-electron chi connectivity index (χ1n) is 6.90. The number of hydrogen-bond acceptors (Lipinski definition) is 3. The lowest BCUT2D eigenvalue weighted by Crippen LogP contribution is -2.35. The Kier molecular flexibility index (Phi) is 3.91. The van der Waals surface area contributed by atoms with E-state index < -0.39 is 10.0 Å². The van der Waals surface area contributed by atoms with Crippen LogP contribution in [0, 0.1) is 0 Å². The summed E-state index contributed by atoms with van der Waals surface area (Å²) in [7, 11) is -2.02. The minimum Gasteiger partial charge on any atom is -0.497 e. The predicted octanol–water partition coefficient (Wildman–Crippen LogP) is 3.60. The summed E-state index contributed by atoms with van der Waals surface area (Å²) in [6.07, 6.45) is 0.712. The van der Waals surface area contributed by atoms with E-state index in [1.807, 2.05) is 25.1 Å². The van der Waals surface area contributed by atoms with Crippen molar-refractivity contribution in [3.05, 3.63) is 52.5 Å². The highest BCUT2D eigenvalue weighted by atomic mass is 79.9. The van der Waals surface area contributed by atoms with E-state index in [9.17, 15) is 8.42 Å². The number of halogens is 1. The van der Waals surface area contributed by atoms with Gasteiger partial charge in [0.25, 0.3) is 10.0 Å². The van der Waals surface area contributed by atoms with Crippen molar-refractivity contribution in [2.24, 2.45) is 0 Å². The van der Waals surface area contributed by atoms with Gasteiger partial charge in [0.1, 0.15) is 5.75 Å². The first-order chi connectivity index (χ1) is 10.4. The Balaban J connectivity index is 2.05. The number of nitrogens with zero attached hydrogens (tertiary/aromatic N) is 1. The maximum Gasteiger partial charge on any atom is 0.264 e. The highest BCUT2D eigenvalue weighted by Crippen LogP contribution is 2.38. The van der Waals surface area contributed by atoms with Gasteiger partial charge in [-0.15, -0.1) is 0 Å². The highest BCUT2D eigenvalue weighted by Gasteiger charge is 2.36. The quantitative estimate of drug-likeness (QED) is 0.815. The van der Waals surface area contributed by atoms with Crippen molar-refractivity contribution < 1.29 is 13.2 Å². The van der Waals surface area contributed by atoms with Gasteiger partial charge >= 0.3 is 0 Å². The molecule has 0 saturated carbocycles. The van der Waals surface area contributed by atoms with Crippen molar-refractivity contribution in [2.45, 2.75) is 24.3 Å². The number of anilines is 1. The minimum atomic E-state index is -3.58. The molecule has 1 aliphatic rings. The molecule has 4 nitrogen and oxygen atoms in total. The minimum absolute atomic E-state index is 0.101. The summed E-state index contributed by atoms with van der Waals surface area (Å²) in [5, 5.41) is 0. The van der Waals surface area contributed by atoms with Crippen LogP contribution in [0.15, 0.2) is 51.8 Å². The van der Waals surface area contributed by atoms with Gasteiger partial charge in [-0.3, -0.25) is 4.31 Å². The zero-order chi connectivity index (χ0) is 15.9. The van der Waals surface area contributed by atoms with E-state index in [1.54, 1.807) is 31.4 Å². The molecule has 6 heteroatoms. The summed E-state index contributed by atoms with van der Waals surface area (Å²) in [6, 6.07) is 12.1. The lowest BCUT2D eigenvalue weighted by molar-refractivity contribution is 0.414. The lowest BCUT2D eigenvalue weighted by Gasteiger charge is -2.24. The van der Waals surface area contributed by atoms with Crippen molar-refractivity contribution in [2.75, 3.05) is 11.4 Å². The summed E-state index contributed by atoms with van der Waals surface area (Å²) >= 11 is 3.43. The maximum atomic E-state index is 13.0. The molecule has 0 spiro atoms. The second kappa shape index (κ2) is 5.59. The van der Waals surface area contributed by atoms with E-state index in [4.69, 9.17) is 4.74 Å². The Bertz CT molecular complexity index is 803. The number of benzene rings is 2. The fourth-order valence-electron chi connectivity index (χ4n) is 2.80. The zero-order valence-electron chi connectivity index (χ0n) is 12.3. The number of fused-ring (bicyclic) bond motifs is 1. The first-order valence-corrected chi connectivity index (χ1v) is 9.13. The predicted molar refractivity (Wildman–Crippen MR) is 90.0 cm³/mol. The smallest absolute Gasteiger partial charge is 0.264 e. The molecule has 116 valence electrons. The fraction of sp³-hybridized carbons (Fsp3) is 0.250. The Labute approximate surface area is 138 Å². The maximum absolute atomic E-state index is 13.0. The molecule has 0 N–H and O–H groups in total. The van der Waals surface area contributed by atoms with Crippen LogP contribution >= 0.6 is 15.9 Å². The lowest BCUT2D eigenvalue weighted by atomic mass is 10.1. The Hall–Kier alpha value is -1.53. The standard InChI is InChI=1S/C16H16BrNO3S/c1-11-9-12-10-13(17)3-8-16(12)18(11)22(19,20)15-6-4-14(21-2)5-7-15/h3-8,10-11H,9H2,1-2H3/t11-/m0/s1. The van der Waals surface area contributed by atoms with E-state index in [1.165, 1.54) is 4.31 Å². The molecule has 3 rings (SSSR count). The Morgan fingerprint density at radius 1 is 1.18 bits per heavy atom.